The molecule has 0 saturated carbocycles. The summed E-state index contributed by atoms with van der Waals surface area (Å²) in [6.45, 7) is 12.8. The molecule has 0 heterocycles. The van der Waals surface area contributed by atoms with Crippen LogP contribution in [0.3, 0.4) is 0 Å². The summed E-state index contributed by atoms with van der Waals surface area (Å²) in [6, 6.07) is 0. The lowest BCUT2D eigenvalue weighted by Crippen LogP contribution is -2.07. The van der Waals surface area contributed by atoms with Crippen LogP contribution in [0.2, 0.25) is 0 Å². The van der Waals surface area contributed by atoms with Crippen molar-refractivity contribution in [3.63, 3.8) is 0 Å². The van der Waals surface area contributed by atoms with Gasteiger partial charge in [0.15, 0.2) is 0 Å². The predicted molar refractivity (Wildman–Crippen MR) is 50.4 cm³/mol. The zero-order chi connectivity index (χ0) is 8.59. The lowest BCUT2D eigenvalue weighted by atomic mass is 9.83. The lowest BCUT2D eigenvalue weighted by Gasteiger charge is -2.23. The van der Waals surface area contributed by atoms with E-state index in [0.29, 0.717) is 5.92 Å². The Hall–Kier alpha value is -0.780. The van der Waals surface area contributed by atoms with Gasteiger partial charge in [-0.15, -0.1) is 0 Å². The molecule has 0 spiro atoms. The third kappa shape index (κ3) is 1.30. The maximum atomic E-state index is 4.06. The highest BCUT2D eigenvalue weighted by molar-refractivity contribution is 5.45. The smallest absolute Gasteiger partial charge is 0.00195 e. The number of hydrogen-bond acceptors (Lipinski definition) is 0. The molecule has 1 aliphatic rings. The van der Waals surface area contributed by atoms with Crippen LogP contribution < -0.4 is 0 Å². The standard InChI is InChI=1S/C11H16/c1-7-6-8(2)10(4)11(5)9(7)3/h6,11H,3H2,1-2,4-5H3. The normalized spacial score (nSPS) is 25.6. The molecule has 0 radical (unpaired) electrons. The molecule has 1 aliphatic carbocycles. The Morgan fingerprint density at radius 2 is 1.82 bits per heavy atom. The fourth-order valence-corrected chi connectivity index (χ4v) is 1.48. The molecule has 0 N–H and O–H groups in total. The van der Waals surface area contributed by atoms with Crippen molar-refractivity contribution in [2.75, 3.05) is 0 Å². The van der Waals surface area contributed by atoms with E-state index in [4.69, 9.17) is 0 Å². The molecule has 0 aromatic rings. The summed E-state index contributed by atoms with van der Waals surface area (Å²) in [4.78, 5) is 0. The Morgan fingerprint density at radius 1 is 1.27 bits per heavy atom. The van der Waals surface area contributed by atoms with Gasteiger partial charge in [-0.3, -0.25) is 0 Å². The SMILES string of the molecule is C=C1C(C)=CC(C)=C(C)C1C. The minimum absolute atomic E-state index is 0.542. The van der Waals surface area contributed by atoms with E-state index in [2.05, 4.69) is 40.3 Å². The number of hydrogen-bond donors (Lipinski definition) is 0. The Bertz CT molecular complexity index is 251. The Balaban J connectivity index is 3.11. The van der Waals surface area contributed by atoms with Gasteiger partial charge in [-0.1, -0.05) is 30.7 Å². The molecule has 1 atom stereocenters. The van der Waals surface area contributed by atoms with Crippen molar-refractivity contribution in [1.82, 2.24) is 0 Å². The molecule has 0 amide bonds. The first-order valence-corrected chi connectivity index (χ1v) is 4.09. The summed E-state index contributed by atoms with van der Waals surface area (Å²) in [5.41, 5.74) is 5.47. The van der Waals surface area contributed by atoms with Crippen molar-refractivity contribution >= 4 is 0 Å². The fraction of sp³-hybridized carbons (Fsp3) is 0.455. The second kappa shape index (κ2) is 2.69. The summed E-state index contributed by atoms with van der Waals surface area (Å²) in [5, 5.41) is 0. The van der Waals surface area contributed by atoms with Gasteiger partial charge in [-0.2, -0.15) is 0 Å². The molecule has 0 bridgehead atoms. The molecule has 0 nitrogen and oxygen atoms in total. The molecule has 11 heavy (non-hydrogen) atoms. The average molecular weight is 148 g/mol. The van der Waals surface area contributed by atoms with Gasteiger partial charge in [0, 0.05) is 5.92 Å². The van der Waals surface area contributed by atoms with E-state index in [0.717, 1.165) is 0 Å². The molecule has 0 aliphatic heterocycles. The number of rotatable bonds is 0. The van der Waals surface area contributed by atoms with Crippen LogP contribution in [0.5, 0.6) is 0 Å². The maximum Gasteiger partial charge on any atom is 0.00195 e. The van der Waals surface area contributed by atoms with Crippen LogP contribution in [-0.2, 0) is 0 Å². The summed E-state index contributed by atoms with van der Waals surface area (Å²) < 4.78 is 0. The minimum Gasteiger partial charge on any atom is -0.0950 e. The van der Waals surface area contributed by atoms with Crippen LogP contribution in [0, 0.1) is 5.92 Å². The zero-order valence-corrected chi connectivity index (χ0v) is 7.86. The Kier molecular flexibility index (Phi) is 2.03. The van der Waals surface area contributed by atoms with Crippen molar-refractivity contribution in [3.8, 4) is 0 Å². The highest BCUT2D eigenvalue weighted by Crippen LogP contribution is 2.31. The topological polar surface area (TPSA) is 0 Å². The highest BCUT2D eigenvalue weighted by Gasteiger charge is 2.15. The van der Waals surface area contributed by atoms with Crippen molar-refractivity contribution in [2.24, 2.45) is 5.92 Å². The van der Waals surface area contributed by atoms with Gasteiger partial charge >= 0.3 is 0 Å². The molecular weight excluding hydrogens is 132 g/mol. The van der Waals surface area contributed by atoms with Gasteiger partial charge in [0.1, 0.15) is 0 Å². The fourth-order valence-electron chi connectivity index (χ4n) is 1.48. The van der Waals surface area contributed by atoms with Crippen LogP contribution >= 0.6 is 0 Å². The van der Waals surface area contributed by atoms with Crippen LogP contribution in [0.1, 0.15) is 27.7 Å². The van der Waals surface area contributed by atoms with Crippen molar-refractivity contribution < 1.29 is 0 Å². The van der Waals surface area contributed by atoms with Crippen LogP contribution in [-0.4, -0.2) is 0 Å². The van der Waals surface area contributed by atoms with Gasteiger partial charge in [0.05, 0.1) is 0 Å². The molecule has 0 saturated heterocycles. The first-order chi connectivity index (χ1) is 5.04. The van der Waals surface area contributed by atoms with E-state index in [-0.39, 0.29) is 0 Å². The second-order valence-electron chi connectivity index (χ2n) is 3.44. The van der Waals surface area contributed by atoms with Crippen molar-refractivity contribution in [2.45, 2.75) is 27.7 Å². The molecule has 0 aromatic heterocycles. The van der Waals surface area contributed by atoms with Crippen LogP contribution in [0.4, 0.5) is 0 Å². The van der Waals surface area contributed by atoms with E-state index in [1.54, 1.807) is 0 Å². The Morgan fingerprint density at radius 3 is 2.36 bits per heavy atom. The third-order valence-corrected chi connectivity index (χ3v) is 2.73. The van der Waals surface area contributed by atoms with E-state index in [1.165, 1.54) is 22.3 Å². The van der Waals surface area contributed by atoms with E-state index >= 15 is 0 Å². The first-order valence-electron chi connectivity index (χ1n) is 4.09. The van der Waals surface area contributed by atoms with Gasteiger partial charge in [0.2, 0.25) is 0 Å². The number of allylic oxidation sites excluding steroid dienone is 5. The monoisotopic (exact) mass is 148 g/mol. The molecule has 0 heteroatoms. The minimum atomic E-state index is 0.542. The van der Waals surface area contributed by atoms with E-state index in [1.807, 2.05) is 0 Å². The summed E-state index contributed by atoms with van der Waals surface area (Å²) in [7, 11) is 0. The van der Waals surface area contributed by atoms with Gasteiger partial charge in [-0.25, -0.2) is 0 Å². The molecule has 1 rings (SSSR count). The zero-order valence-electron chi connectivity index (χ0n) is 7.86. The predicted octanol–water partition coefficient (Wildman–Crippen LogP) is 3.48. The van der Waals surface area contributed by atoms with Crippen molar-refractivity contribution in [1.29, 1.82) is 0 Å². The third-order valence-electron chi connectivity index (χ3n) is 2.73. The Labute approximate surface area is 69.3 Å². The quantitative estimate of drug-likeness (QED) is 0.493. The molecule has 60 valence electrons. The van der Waals surface area contributed by atoms with E-state index in [9.17, 15) is 0 Å². The van der Waals surface area contributed by atoms with E-state index < -0.39 is 0 Å². The van der Waals surface area contributed by atoms with Gasteiger partial charge in [0.25, 0.3) is 0 Å². The second-order valence-corrected chi connectivity index (χ2v) is 3.44. The molecule has 0 fully saturated rings. The van der Waals surface area contributed by atoms with Gasteiger partial charge < -0.3 is 0 Å². The largest absolute Gasteiger partial charge is 0.0950 e. The van der Waals surface area contributed by atoms with Gasteiger partial charge in [-0.05, 0) is 31.9 Å². The maximum absolute atomic E-state index is 4.06. The van der Waals surface area contributed by atoms with Crippen LogP contribution in [0.25, 0.3) is 0 Å². The highest BCUT2D eigenvalue weighted by atomic mass is 14.2. The molecule has 1 unspecified atom stereocenters. The summed E-state index contributed by atoms with van der Waals surface area (Å²) in [6.07, 6.45) is 2.22. The lowest BCUT2D eigenvalue weighted by molar-refractivity contribution is 0.788. The summed E-state index contributed by atoms with van der Waals surface area (Å²) >= 11 is 0. The summed E-state index contributed by atoms with van der Waals surface area (Å²) in [5.74, 6) is 0.542. The average Bonchev–Trinajstić information content (AvgIpc) is 1.97. The first kappa shape index (κ1) is 8.32. The molecule has 0 aromatic carbocycles. The van der Waals surface area contributed by atoms with Crippen LogP contribution in [0.15, 0.2) is 34.9 Å². The van der Waals surface area contributed by atoms with Crippen molar-refractivity contribution in [3.05, 3.63) is 34.9 Å². The molecular formula is C11H16.